The molecule has 4 rings (SSSR count). The number of hydrogen-bond donors (Lipinski definition) is 0. The highest BCUT2D eigenvalue weighted by Gasteiger charge is 2.31. The van der Waals surface area contributed by atoms with Crippen molar-refractivity contribution in [2.24, 2.45) is 0 Å². The Kier molecular flexibility index (Phi) is 5.18. The summed E-state index contributed by atoms with van der Waals surface area (Å²) in [4.78, 5) is 19.5. The van der Waals surface area contributed by atoms with Crippen molar-refractivity contribution in [3.05, 3.63) is 73.9 Å². The number of thiophene rings is 1. The average molecular weight is 439 g/mol. The van der Waals surface area contributed by atoms with Gasteiger partial charge in [0.1, 0.15) is 5.02 Å². The Bertz CT molecular complexity index is 1110. The van der Waals surface area contributed by atoms with Gasteiger partial charge in [0.2, 0.25) is 0 Å². The van der Waals surface area contributed by atoms with Crippen LogP contribution in [0.1, 0.15) is 16.9 Å². The fraction of sp³-hybridized carbons (Fsp3) is 0.211. The quantitative estimate of drug-likeness (QED) is 0.597. The third kappa shape index (κ3) is 3.92. The minimum Gasteiger partial charge on any atom is -0.365 e. The van der Waals surface area contributed by atoms with Crippen LogP contribution in [0.2, 0.25) is 5.02 Å². The fourth-order valence-electron chi connectivity index (χ4n) is 3.06. The number of pyridine rings is 1. The van der Waals surface area contributed by atoms with E-state index in [1.54, 1.807) is 11.3 Å². The summed E-state index contributed by atoms with van der Waals surface area (Å²) in [6.07, 6.45) is 0.490. The maximum atomic E-state index is 12.7. The summed E-state index contributed by atoms with van der Waals surface area (Å²) < 4.78 is 39.0. The predicted octanol–water partition coefficient (Wildman–Crippen LogP) is 4.65. The van der Waals surface area contributed by atoms with Gasteiger partial charge < -0.3 is 4.90 Å². The minimum absolute atomic E-state index is 0.0324. The Morgan fingerprint density at radius 1 is 1.17 bits per heavy atom. The van der Waals surface area contributed by atoms with Gasteiger partial charge in [-0.25, -0.2) is 4.98 Å². The van der Waals surface area contributed by atoms with E-state index < -0.39 is 17.3 Å². The predicted molar refractivity (Wildman–Crippen MR) is 107 cm³/mol. The second-order valence-electron chi connectivity index (χ2n) is 6.37. The van der Waals surface area contributed by atoms with Gasteiger partial charge in [-0.1, -0.05) is 23.7 Å². The number of aromatic nitrogens is 3. The highest BCUT2D eigenvalue weighted by atomic mass is 35.5. The van der Waals surface area contributed by atoms with Gasteiger partial charge in [0.25, 0.3) is 5.56 Å². The normalized spacial score (nSPS) is 14.8. The molecule has 0 amide bonds. The summed E-state index contributed by atoms with van der Waals surface area (Å²) in [6.45, 7) is 1.25. The van der Waals surface area contributed by atoms with E-state index in [-0.39, 0.29) is 10.8 Å². The average Bonchev–Trinajstić information content (AvgIpc) is 3.25. The lowest BCUT2D eigenvalue weighted by molar-refractivity contribution is -0.137. The van der Waals surface area contributed by atoms with Crippen LogP contribution in [0.25, 0.3) is 11.4 Å². The number of hydrogen-bond acceptors (Lipinski definition) is 5. The zero-order valence-corrected chi connectivity index (χ0v) is 16.4. The highest BCUT2D eigenvalue weighted by Crippen LogP contribution is 2.31. The molecule has 0 atom stereocenters. The molecular weight excluding hydrogens is 425 g/mol. The van der Waals surface area contributed by atoms with Crippen LogP contribution in [0.15, 0.2) is 52.9 Å². The first-order valence-electron chi connectivity index (χ1n) is 8.64. The Morgan fingerprint density at radius 2 is 2.00 bits per heavy atom. The molecule has 0 radical (unpaired) electrons. The molecule has 3 aromatic rings. The summed E-state index contributed by atoms with van der Waals surface area (Å²) in [5.41, 5.74) is 0.201. The fourth-order valence-corrected chi connectivity index (χ4v) is 4.11. The molecule has 0 aromatic carbocycles. The van der Waals surface area contributed by atoms with Gasteiger partial charge in [0, 0.05) is 24.2 Å². The first kappa shape index (κ1) is 19.7. The van der Waals surface area contributed by atoms with Gasteiger partial charge in [-0.15, -0.1) is 11.3 Å². The Labute approximate surface area is 172 Å². The molecule has 10 heteroatoms. The lowest BCUT2D eigenvalue weighted by atomic mass is 10.1. The second kappa shape index (κ2) is 7.64. The van der Waals surface area contributed by atoms with Crippen molar-refractivity contribution in [1.29, 1.82) is 0 Å². The first-order chi connectivity index (χ1) is 13.8. The molecule has 29 heavy (non-hydrogen) atoms. The lowest BCUT2D eigenvalue weighted by Crippen LogP contribution is -2.32. The van der Waals surface area contributed by atoms with Crippen molar-refractivity contribution in [3.63, 3.8) is 0 Å². The molecule has 150 valence electrons. The van der Waals surface area contributed by atoms with Crippen LogP contribution in [0.4, 0.5) is 18.9 Å². The molecule has 0 N–H and O–H groups in total. The van der Waals surface area contributed by atoms with Crippen LogP contribution in [-0.2, 0) is 6.18 Å². The number of alkyl halides is 3. The molecule has 0 saturated heterocycles. The molecule has 1 aliphatic heterocycles. The molecule has 0 bridgehead atoms. The Morgan fingerprint density at radius 3 is 2.59 bits per heavy atom. The summed E-state index contributed by atoms with van der Waals surface area (Å²) in [5, 5.41) is 6.04. The highest BCUT2D eigenvalue weighted by molar-refractivity contribution is 7.11. The third-order valence-corrected chi connectivity index (χ3v) is 5.88. The molecule has 0 saturated carbocycles. The second-order valence-corrected chi connectivity index (χ2v) is 7.69. The number of nitrogens with zero attached hydrogens (tertiary/aromatic N) is 4. The summed E-state index contributed by atoms with van der Waals surface area (Å²) >= 11 is 7.96. The molecule has 0 aliphatic carbocycles. The molecule has 0 unspecified atom stereocenters. The van der Waals surface area contributed by atoms with Crippen LogP contribution in [0.5, 0.6) is 0 Å². The maximum absolute atomic E-state index is 12.7. The Hall–Kier alpha value is -2.65. The van der Waals surface area contributed by atoms with Crippen LogP contribution in [0, 0.1) is 0 Å². The molecule has 5 nitrogen and oxygen atoms in total. The Balaban J connectivity index is 1.59. The molecule has 3 aromatic heterocycles. The number of anilines is 1. The third-order valence-electron chi connectivity index (χ3n) is 4.58. The van der Waals surface area contributed by atoms with E-state index in [9.17, 15) is 18.0 Å². The van der Waals surface area contributed by atoms with Crippen LogP contribution >= 0.6 is 22.9 Å². The van der Waals surface area contributed by atoms with E-state index in [1.165, 1.54) is 16.6 Å². The van der Waals surface area contributed by atoms with Gasteiger partial charge in [-0.2, -0.15) is 23.0 Å². The van der Waals surface area contributed by atoms with E-state index in [0.717, 1.165) is 23.2 Å². The van der Waals surface area contributed by atoms with Crippen molar-refractivity contribution in [2.75, 3.05) is 18.0 Å². The smallest absolute Gasteiger partial charge is 0.365 e. The van der Waals surface area contributed by atoms with E-state index in [1.807, 2.05) is 16.3 Å². The van der Waals surface area contributed by atoms with Crippen molar-refractivity contribution >= 4 is 34.2 Å². The standard InChI is InChI=1S/C19H14ClF3N4OS/c20-17-14(26-7-5-12(6-8-26)15-2-1-9-29-15)11-25-27(18(17)28)16-4-3-13(10-24-16)19(21,22)23/h1-5,9-11H,6-8H2. The van der Waals surface area contributed by atoms with Gasteiger partial charge >= 0.3 is 6.18 Å². The van der Waals surface area contributed by atoms with Gasteiger partial charge in [0.15, 0.2) is 5.82 Å². The van der Waals surface area contributed by atoms with Gasteiger partial charge in [-0.3, -0.25) is 4.79 Å². The molecule has 4 heterocycles. The summed E-state index contributed by atoms with van der Waals surface area (Å²) in [6, 6.07) is 6.01. The first-order valence-corrected chi connectivity index (χ1v) is 9.89. The molecule has 0 fully saturated rings. The van der Waals surface area contributed by atoms with Crippen molar-refractivity contribution < 1.29 is 13.2 Å². The number of rotatable bonds is 3. The van der Waals surface area contributed by atoms with Crippen molar-refractivity contribution in [3.8, 4) is 5.82 Å². The zero-order chi connectivity index (χ0) is 20.6. The van der Waals surface area contributed by atoms with E-state index in [4.69, 9.17) is 11.6 Å². The minimum atomic E-state index is -4.50. The lowest BCUT2D eigenvalue weighted by Gasteiger charge is -2.28. The van der Waals surface area contributed by atoms with Crippen molar-refractivity contribution in [2.45, 2.75) is 12.6 Å². The molecule has 1 aliphatic rings. The van der Waals surface area contributed by atoms with E-state index >= 15 is 0 Å². The maximum Gasteiger partial charge on any atom is 0.417 e. The zero-order valence-electron chi connectivity index (χ0n) is 14.9. The van der Waals surface area contributed by atoms with Crippen molar-refractivity contribution in [1.82, 2.24) is 14.8 Å². The van der Waals surface area contributed by atoms with Crippen LogP contribution < -0.4 is 10.5 Å². The molecular formula is C19H14ClF3N4OS. The van der Waals surface area contributed by atoms with Gasteiger partial charge in [0.05, 0.1) is 17.4 Å². The van der Waals surface area contributed by atoms with E-state index in [0.29, 0.717) is 25.0 Å². The van der Waals surface area contributed by atoms with E-state index in [2.05, 4.69) is 22.2 Å². The van der Waals surface area contributed by atoms with Gasteiger partial charge in [-0.05, 0) is 35.6 Å². The summed E-state index contributed by atoms with van der Waals surface area (Å²) in [5.74, 6) is -0.0324. The monoisotopic (exact) mass is 438 g/mol. The largest absolute Gasteiger partial charge is 0.417 e. The van der Waals surface area contributed by atoms with Crippen LogP contribution in [0.3, 0.4) is 0 Å². The number of halogens is 4. The topological polar surface area (TPSA) is 51.0 Å². The summed E-state index contributed by atoms with van der Waals surface area (Å²) in [7, 11) is 0. The van der Waals surface area contributed by atoms with Crippen LogP contribution in [-0.4, -0.2) is 27.9 Å². The molecule has 0 spiro atoms. The SMILES string of the molecule is O=c1c(Cl)c(N2CC=C(c3cccs3)CC2)cnn1-c1ccc(C(F)(F)F)cn1.